The van der Waals surface area contributed by atoms with Gasteiger partial charge in [-0.25, -0.2) is 4.98 Å². The highest BCUT2D eigenvalue weighted by Crippen LogP contribution is 2.19. The molecule has 2 heterocycles. The van der Waals surface area contributed by atoms with Gasteiger partial charge in [-0.1, -0.05) is 0 Å². The standard InChI is InChI=1S/C11H13N5O/c1-3-16-6-14-11(15-16)8-4-9(10(12)17)13-5-7(8)2/h4-6H,3H2,1-2H3,(H2,12,17). The number of pyridine rings is 1. The lowest BCUT2D eigenvalue weighted by Gasteiger charge is -2.02. The summed E-state index contributed by atoms with van der Waals surface area (Å²) in [7, 11) is 0. The molecular weight excluding hydrogens is 218 g/mol. The summed E-state index contributed by atoms with van der Waals surface area (Å²) in [6.45, 7) is 4.62. The Balaban J connectivity index is 2.49. The van der Waals surface area contributed by atoms with Gasteiger partial charge in [0.05, 0.1) is 0 Å². The van der Waals surface area contributed by atoms with Gasteiger partial charge >= 0.3 is 0 Å². The zero-order valence-corrected chi connectivity index (χ0v) is 9.71. The Morgan fingerprint density at radius 3 is 2.82 bits per heavy atom. The molecule has 0 radical (unpaired) electrons. The van der Waals surface area contributed by atoms with Crippen LogP contribution in [0.25, 0.3) is 11.4 Å². The first kappa shape index (κ1) is 11.3. The van der Waals surface area contributed by atoms with E-state index in [9.17, 15) is 4.79 Å². The maximum Gasteiger partial charge on any atom is 0.267 e. The van der Waals surface area contributed by atoms with Crippen LogP contribution in [0.4, 0.5) is 0 Å². The van der Waals surface area contributed by atoms with E-state index in [1.807, 2.05) is 13.8 Å². The highest BCUT2D eigenvalue weighted by atomic mass is 16.1. The quantitative estimate of drug-likeness (QED) is 0.845. The summed E-state index contributed by atoms with van der Waals surface area (Å²) < 4.78 is 1.72. The first-order valence-electron chi connectivity index (χ1n) is 5.28. The number of rotatable bonds is 3. The monoisotopic (exact) mass is 231 g/mol. The van der Waals surface area contributed by atoms with Gasteiger partial charge in [-0.2, -0.15) is 5.10 Å². The van der Waals surface area contributed by atoms with E-state index >= 15 is 0 Å². The molecule has 17 heavy (non-hydrogen) atoms. The van der Waals surface area contributed by atoms with Crippen molar-refractivity contribution in [2.45, 2.75) is 20.4 Å². The van der Waals surface area contributed by atoms with Crippen molar-refractivity contribution in [1.82, 2.24) is 19.7 Å². The normalized spacial score (nSPS) is 10.5. The summed E-state index contributed by atoms with van der Waals surface area (Å²) in [5, 5.41) is 4.29. The van der Waals surface area contributed by atoms with E-state index in [0.29, 0.717) is 5.82 Å². The van der Waals surface area contributed by atoms with Gasteiger partial charge in [0.25, 0.3) is 5.91 Å². The average Bonchev–Trinajstić information content (AvgIpc) is 2.77. The summed E-state index contributed by atoms with van der Waals surface area (Å²) in [6.07, 6.45) is 3.25. The van der Waals surface area contributed by atoms with E-state index in [2.05, 4.69) is 15.1 Å². The molecule has 0 saturated heterocycles. The zero-order chi connectivity index (χ0) is 12.4. The Kier molecular flexibility index (Phi) is 2.86. The van der Waals surface area contributed by atoms with Gasteiger partial charge in [0, 0.05) is 18.3 Å². The largest absolute Gasteiger partial charge is 0.364 e. The Labute approximate surface area is 98.5 Å². The Morgan fingerprint density at radius 1 is 1.47 bits per heavy atom. The molecule has 0 aliphatic carbocycles. The predicted octanol–water partition coefficient (Wildman–Crippen LogP) is 0.767. The molecule has 0 atom stereocenters. The Hall–Kier alpha value is -2.24. The van der Waals surface area contributed by atoms with Crippen LogP contribution in [0.5, 0.6) is 0 Å². The van der Waals surface area contributed by atoms with Crippen LogP contribution in [-0.4, -0.2) is 25.7 Å². The molecule has 88 valence electrons. The van der Waals surface area contributed by atoms with Crippen LogP contribution < -0.4 is 5.73 Å². The number of nitrogens with two attached hydrogens (primary N) is 1. The fourth-order valence-corrected chi connectivity index (χ4v) is 1.47. The molecule has 2 rings (SSSR count). The number of carbonyl (C=O) groups is 1. The molecule has 0 aliphatic rings. The molecule has 0 fully saturated rings. The maximum absolute atomic E-state index is 11.1. The molecule has 0 aromatic carbocycles. The SMILES string of the molecule is CCn1cnc(-c2cc(C(N)=O)ncc2C)n1. The third kappa shape index (κ3) is 2.15. The third-order valence-corrected chi connectivity index (χ3v) is 2.46. The number of amides is 1. The minimum Gasteiger partial charge on any atom is -0.364 e. The molecule has 0 unspecified atom stereocenters. The molecule has 2 aromatic heterocycles. The molecule has 0 bridgehead atoms. The first-order valence-corrected chi connectivity index (χ1v) is 5.28. The van der Waals surface area contributed by atoms with Crippen LogP contribution in [0.3, 0.4) is 0 Å². The van der Waals surface area contributed by atoms with E-state index in [1.54, 1.807) is 23.3 Å². The van der Waals surface area contributed by atoms with Gasteiger partial charge in [0.1, 0.15) is 12.0 Å². The van der Waals surface area contributed by atoms with Crippen molar-refractivity contribution < 1.29 is 4.79 Å². The van der Waals surface area contributed by atoms with Crippen LogP contribution in [0.15, 0.2) is 18.6 Å². The van der Waals surface area contributed by atoms with Gasteiger partial charge in [-0.3, -0.25) is 14.5 Å². The lowest BCUT2D eigenvalue weighted by Crippen LogP contribution is -2.13. The van der Waals surface area contributed by atoms with Gasteiger partial charge in [0.15, 0.2) is 5.82 Å². The number of primary amides is 1. The molecule has 2 N–H and O–H groups in total. The second kappa shape index (κ2) is 4.32. The van der Waals surface area contributed by atoms with Gasteiger partial charge in [-0.15, -0.1) is 0 Å². The number of aromatic nitrogens is 4. The molecule has 0 saturated carbocycles. The summed E-state index contributed by atoms with van der Waals surface area (Å²) in [4.78, 5) is 19.2. The minimum absolute atomic E-state index is 0.221. The minimum atomic E-state index is -0.554. The van der Waals surface area contributed by atoms with Crippen molar-refractivity contribution in [3.8, 4) is 11.4 Å². The fraction of sp³-hybridized carbons (Fsp3) is 0.273. The van der Waals surface area contributed by atoms with Crippen molar-refractivity contribution in [3.05, 3.63) is 29.8 Å². The second-order valence-electron chi connectivity index (χ2n) is 3.67. The van der Waals surface area contributed by atoms with Crippen LogP contribution in [0.2, 0.25) is 0 Å². The van der Waals surface area contributed by atoms with Crippen molar-refractivity contribution in [3.63, 3.8) is 0 Å². The van der Waals surface area contributed by atoms with Crippen LogP contribution in [-0.2, 0) is 6.54 Å². The maximum atomic E-state index is 11.1. The van der Waals surface area contributed by atoms with Gasteiger partial charge in [0.2, 0.25) is 0 Å². The number of aryl methyl sites for hydroxylation is 2. The van der Waals surface area contributed by atoms with Crippen molar-refractivity contribution in [1.29, 1.82) is 0 Å². The van der Waals surface area contributed by atoms with E-state index in [1.165, 1.54) is 0 Å². The Morgan fingerprint density at radius 2 is 2.24 bits per heavy atom. The number of hydrogen-bond acceptors (Lipinski definition) is 4. The van der Waals surface area contributed by atoms with E-state index in [4.69, 9.17) is 5.73 Å². The highest BCUT2D eigenvalue weighted by molar-refractivity contribution is 5.92. The van der Waals surface area contributed by atoms with Crippen molar-refractivity contribution >= 4 is 5.91 Å². The summed E-state index contributed by atoms with van der Waals surface area (Å²) >= 11 is 0. The summed E-state index contributed by atoms with van der Waals surface area (Å²) in [6, 6.07) is 1.62. The lowest BCUT2D eigenvalue weighted by atomic mass is 10.1. The molecule has 6 heteroatoms. The highest BCUT2D eigenvalue weighted by Gasteiger charge is 2.11. The molecule has 0 spiro atoms. The van der Waals surface area contributed by atoms with E-state index < -0.39 is 5.91 Å². The van der Waals surface area contributed by atoms with Crippen LogP contribution in [0, 0.1) is 6.92 Å². The van der Waals surface area contributed by atoms with Gasteiger partial charge < -0.3 is 5.73 Å². The smallest absolute Gasteiger partial charge is 0.267 e. The zero-order valence-electron chi connectivity index (χ0n) is 9.71. The molecule has 1 amide bonds. The van der Waals surface area contributed by atoms with E-state index in [0.717, 1.165) is 17.7 Å². The number of nitrogens with zero attached hydrogens (tertiary/aromatic N) is 4. The summed E-state index contributed by atoms with van der Waals surface area (Å²) in [5.41, 5.74) is 7.10. The van der Waals surface area contributed by atoms with Gasteiger partial charge in [-0.05, 0) is 25.5 Å². The predicted molar refractivity (Wildman–Crippen MR) is 62.2 cm³/mol. The molecule has 6 nitrogen and oxygen atoms in total. The third-order valence-electron chi connectivity index (χ3n) is 2.46. The molecule has 2 aromatic rings. The topological polar surface area (TPSA) is 86.7 Å². The fourth-order valence-electron chi connectivity index (χ4n) is 1.47. The lowest BCUT2D eigenvalue weighted by molar-refractivity contribution is 0.0995. The first-order chi connectivity index (χ1) is 8.11. The van der Waals surface area contributed by atoms with Crippen molar-refractivity contribution in [2.75, 3.05) is 0 Å². The van der Waals surface area contributed by atoms with Crippen molar-refractivity contribution in [2.24, 2.45) is 5.73 Å². The number of carbonyl (C=O) groups excluding carboxylic acids is 1. The van der Waals surface area contributed by atoms with E-state index in [-0.39, 0.29) is 5.69 Å². The number of hydrogen-bond donors (Lipinski definition) is 1. The Bertz CT molecular complexity index is 561. The second-order valence-corrected chi connectivity index (χ2v) is 3.67. The van der Waals surface area contributed by atoms with Crippen LogP contribution in [0.1, 0.15) is 23.0 Å². The molecule has 0 aliphatic heterocycles. The summed E-state index contributed by atoms with van der Waals surface area (Å²) in [5.74, 6) is 0.0235. The van der Waals surface area contributed by atoms with Crippen LogP contribution >= 0.6 is 0 Å². The average molecular weight is 231 g/mol. The molecular formula is C11H13N5O.